The van der Waals surface area contributed by atoms with E-state index in [-0.39, 0.29) is 5.91 Å². The predicted octanol–water partition coefficient (Wildman–Crippen LogP) is 4.96. The topological polar surface area (TPSA) is 38.3 Å². The Labute approximate surface area is 135 Å². The first kappa shape index (κ1) is 18.5. The summed E-state index contributed by atoms with van der Waals surface area (Å²) in [5.74, 6) is 0.847. The van der Waals surface area contributed by atoms with Gasteiger partial charge in [-0.3, -0.25) is 4.79 Å². The molecule has 0 aliphatic rings. The van der Waals surface area contributed by atoms with E-state index >= 15 is 0 Å². The molecule has 0 fully saturated rings. The molecule has 0 aliphatic heterocycles. The number of hydrogen-bond donors (Lipinski definition) is 1. The van der Waals surface area contributed by atoms with E-state index in [4.69, 9.17) is 4.74 Å². The largest absolute Gasteiger partial charge is 0.494 e. The molecule has 1 N–H and O–H groups in total. The van der Waals surface area contributed by atoms with Gasteiger partial charge in [0.2, 0.25) is 0 Å². The van der Waals surface area contributed by atoms with Gasteiger partial charge in [-0.05, 0) is 37.1 Å². The van der Waals surface area contributed by atoms with Crippen molar-refractivity contribution in [2.24, 2.45) is 0 Å². The third-order valence-electron chi connectivity index (χ3n) is 3.70. The van der Waals surface area contributed by atoms with Crippen molar-refractivity contribution in [3.63, 3.8) is 0 Å². The number of carbonyl (C=O) groups is 1. The standard InChI is InChI=1S/C19H31NO2/c1-3-5-7-8-10-16-22-18-13-11-17(12-14-18)19(21)20-15-9-6-4-2/h11-14H,3-10,15-16H2,1-2H3,(H,20,21). The van der Waals surface area contributed by atoms with E-state index in [0.717, 1.165) is 38.2 Å². The van der Waals surface area contributed by atoms with Crippen LogP contribution in [0.4, 0.5) is 0 Å². The molecule has 3 heteroatoms. The molecule has 1 aromatic carbocycles. The quantitative estimate of drug-likeness (QED) is 0.554. The number of ether oxygens (including phenoxy) is 1. The molecule has 0 saturated carbocycles. The van der Waals surface area contributed by atoms with E-state index in [0.29, 0.717) is 5.56 Å². The molecule has 0 atom stereocenters. The van der Waals surface area contributed by atoms with Crippen LogP contribution in [0.5, 0.6) is 5.75 Å². The maximum Gasteiger partial charge on any atom is 0.251 e. The molecule has 0 aliphatic carbocycles. The Kier molecular flexibility index (Phi) is 10.2. The van der Waals surface area contributed by atoms with Crippen molar-refractivity contribution in [1.29, 1.82) is 0 Å². The number of nitrogens with one attached hydrogen (secondary N) is 1. The lowest BCUT2D eigenvalue weighted by atomic mass is 10.1. The number of amides is 1. The van der Waals surface area contributed by atoms with Crippen molar-refractivity contribution in [3.05, 3.63) is 29.8 Å². The van der Waals surface area contributed by atoms with E-state index in [1.807, 2.05) is 24.3 Å². The van der Waals surface area contributed by atoms with Gasteiger partial charge in [-0.2, -0.15) is 0 Å². The van der Waals surface area contributed by atoms with Gasteiger partial charge in [-0.1, -0.05) is 52.4 Å². The zero-order valence-corrected chi connectivity index (χ0v) is 14.2. The molecule has 0 saturated heterocycles. The lowest BCUT2D eigenvalue weighted by Crippen LogP contribution is -2.24. The Morgan fingerprint density at radius 3 is 2.23 bits per heavy atom. The molecule has 1 rings (SSSR count). The Hall–Kier alpha value is -1.51. The molecule has 0 heterocycles. The third kappa shape index (κ3) is 8.06. The van der Waals surface area contributed by atoms with Crippen molar-refractivity contribution >= 4 is 5.91 Å². The average Bonchev–Trinajstić information content (AvgIpc) is 2.55. The molecular weight excluding hydrogens is 274 g/mol. The van der Waals surface area contributed by atoms with Gasteiger partial charge in [0, 0.05) is 12.1 Å². The number of hydrogen-bond acceptors (Lipinski definition) is 2. The Morgan fingerprint density at radius 1 is 0.909 bits per heavy atom. The van der Waals surface area contributed by atoms with Gasteiger partial charge >= 0.3 is 0 Å². The Bertz CT molecular complexity index is 400. The smallest absolute Gasteiger partial charge is 0.251 e. The van der Waals surface area contributed by atoms with E-state index in [1.54, 1.807) is 0 Å². The molecule has 0 spiro atoms. The van der Waals surface area contributed by atoms with Crippen LogP contribution in [0.25, 0.3) is 0 Å². The van der Waals surface area contributed by atoms with E-state index in [9.17, 15) is 4.79 Å². The molecule has 0 radical (unpaired) electrons. The normalized spacial score (nSPS) is 10.5. The zero-order valence-electron chi connectivity index (χ0n) is 14.2. The van der Waals surface area contributed by atoms with Crippen LogP contribution in [0, 0.1) is 0 Å². The van der Waals surface area contributed by atoms with Crippen LogP contribution in [0.1, 0.15) is 75.6 Å². The van der Waals surface area contributed by atoms with E-state index in [2.05, 4.69) is 19.2 Å². The minimum atomic E-state index is 0.00205. The van der Waals surface area contributed by atoms with Crippen molar-refractivity contribution < 1.29 is 9.53 Å². The van der Waals surface area contributed by atoms with Gasteiger partial charge in [-0.25, -0.2) is 0 Å². The fourth-order valence-electron chi connectivity index (χ4n) is 2.28. The van der Waals surface area contributed by atoms with Crippen molar-refractivity contribution in [3.8, 4) is 5.75 Å². The Balaban J connectivity index is 2.23. The van der Waals surface area contributed by atoms with E-state index in [1.165, 1.54) is 32.1 Å². The maximum atomic E-state index is 11.9. The lowest BCUT2D eigenvalue weighted by Gasteiger charge is -2.08. The maximum absolute atomic E-state index is 11.9. The van der Waals surface area contributed by atoms with Crippen LogP contribution in [0.3, 0.4) is 0 Å². The molecule has 0 bridgehead atoms. The molecule has 1 aromatic rings. The minimum Gasteiger partial charge on any atom is -0.494 e. The second-order valence-corrected chi connectivity index (χ2v) is 5.75. The van der Waals surface area contributed by atoms with Crippen LogP contribution < -0.4 is 10.1 Å². The second-order valence-electron chi connectivity index (χ2n) is 5.75. The molecule has 0 unspecified atom stereocenters. The second kappa shape index (κ2) is 12.1. The summed E-state index contributed by atoms with van der Waals surface area (Å²) in [5.41, 5.74) is 0.701. The van der Waals surface area contributed by atoms with Crippen LogP contribution in [0.15, 0.2) is 24.3 Å². The van der Waals surface area contributed by atoms with Crippen LogP contribution in [-0.4, -0.2) is 19.1 Å². The summed E-state index contributed by atoms with van der Waals surface area (Å²) >= 11 is 0. The highest BCUT2D eigenvalue weighted by molar-refractivity contribution is 5.94. The van der Waals surface area contributed by atoms with Crippen LogP contribution in [0.2, 0.25) is 0 Å². The zero-order chi connectivity index (χ0) is 16.0. The number of unbranched alkanes of at least 4 members (excludes halogenated alkanes) is 6. The highest BCUT2D eigenvalue weighted by atomic mass is 16.5. The van der Waals surface area contributed by atoms with Crippen molar-refractivity contribution in [2.75, 3.05) is 13.2 Å². The molecule has 1 amide bonds. The van der Waals surface area contributed by atoms with Crippen molar-refractivity contribution in [1.82, 2.24) is 5.32 Å². The van der Waals surface area contributed by atoms with Gasteiger partial charge in [0.15, 0.2) is 0 Å². The minimum absolute atomic E-state index is 0.00205. The van der Waals surface area contributed by atoms with Crippen molar-refractivity contribution in [2.45, 2.75) is 65.2 Å². The van der Waals surface area contributed by atoms with Gasteiger partial charge in [0.1, 0.15) is 5.75 Å². The predicted molar refractivity (Wildman–Crippen MR) is 92.6 cm³/mol. The number of rotatable bonds is 12. The molecule has 0 aromatic heterocycles. The summed E-state index contributed by atoms with van der Waals surface area (Å²) in [6.45, 7) is 5.89. The highest BCUT2D eigenvalue weighted by Gasteiger charge is 2.04. The van der Waals surface area contributed by atoms with Gasteiger partial charge in [0.25, 0.3) is 5.91 Å². The Morgan fingerprint density at radius 2 is 1.55 bits per heavy atom. The fraction of sp³-hybridized carbons (Fsp3) is 0.632. The summed E-state index contributed by atoms with van der Waals surface area (Å²) in [5, 5.41) is 2.95. The van der Waals surface area contributed by atoms with E-state index < -0.39 is 0 Å². The molecular formula is C19H31NO2. The first-order valence-corrected chi connectivity index (χ1v) is 8.79. The number of benzene rings is 1. The third-order valence-corrected chi connectivity index (χ3v) is 3.70. The monoisotopic (exact) mass is 305 g/mol. The summed E-state index contributed by atoms with van der Waals surface area (Å²) in [7, 11) is 0. The summed E-state index contributed by atoms with van der Waals surface area (Å²) in [6, 6.07) is 7.43. The summed E-state index contributed by atoms with van der Waals surface area (Å²) < 4.78 is 5.70. The SMILES string of the molecule is CCCCCCCOc1ccc(C(=O)NCCCCC)cc1. The van der Waals surface area contributed by atoms with Gasteiger partial charge in [-0.15, -0.1) is 0 Å². The molecule has 22 heavy (non-hydrogen) atoms. The highest BCUT2D eigenvalue weighted by Crippen LogP contribution is 2.13. The first-order valence-electron chi connectivity index (χ1n) is 8.79. The fourth-order valence-corrected chi connectivity index (χ4v) is 2.28. The molecule has 3 nitrogen and oxygen atoms in total. The molecule has 124 valence electrons. The van der Waals surface area contributed by atoms with Gasteiger partial charge < -0.3 is 10.1 Å². The summed E-state index contributed by atoms with van der Waals surface area (Å²) in [4.78, 5) is 11.9. The summed E-state index contributed by atoms with van der Waals surface area (Å²) in [6.07, 6.45) is 9.56. The number of carbonyl (C=O) groups excluding carboxylic acids is 1. The lowest BCUT2D eigenvalue weighted by molar-refractivity contribution is 0.0953. The van der Waals surface area contributed by atoms with Crippen LogP contribution >= 0.6 is 0 Å². The first-order chi connectivity index (χ1) is 10.8. The average molecular weight is 305 g/mol. The van der Waals surface area contributed by atoms with Gasteiger partial charge in [0.05, 0.1) is 6.61 Å². The van der Waals surface area contributed by atoms with Crippen LogP contribution in [-0.2, 0) is 0 Å².